The van der Waals surface area contributed by atoms with E-state index in [2.05, 4.69) is 5.32 Å². The number of hydrogen-bond acceptors (Lipinski definition) is 5. The molecule has 0 unspecified atom stereocenters. The van der Waals surface area contributed by atoms with E-state index >= 15 is 0 Å². The molecule has 1 aromatic rings. The van der Waals surface area contributed by atoms with Crippen LogP contribution in [0.1, 0.15) is 24.2 Å². The van der Waals surface area contributed by atoms with Crippen LogP contribution in [0.4, 0.5) is 0 Å². The van der Waals surface area contributed by atoms with Gasteiger partial charge in [0.05, 0.1) is 0 Å². The molecule has 1 aliphatic rings. The maximum atomic E-state index is 12.4. The second kappa shape index (κ2) is 4.52. The highest BCUT2D eigenvalue weighted by atomic mass is 16.3. The van der Waals surface area contributed by atoms with Crippen LogP contribution < -0.4 is 5.32 Å². The monoisotopic (exact) mass is 278 g/mol. The summed E-state index contributed by atoms with van der Waals surface area (Å²) in [4.78, 5) is 36.7. The van der Waals surface area contributed by atoms with Gasteiger partial charge < -0.3 is 15.1 Å². The van der Waals surface area contributed by atoms with Crippen molar-refractivity contribution in [2.75, 3.05) is 6.54 Å². The number of imide groups is 1. The van der Waals surface area contributed by atoms with E-state index in [1.165, 1.54) is 32.0 Å². The van der Waals surface area contributed by atoms with E-state index in [-0.39, 0.29) is 12.1 Å². The first-order valence-electron chi connectivity index (χ1n) is 5.92. The third kappa shape index (κ3) is 2.07. The molecule has 7 heteroatoms. The van der Waals surface area contributed by atoms with Gasteiger partial charge in [0.25, 0.3) is 11.8 Å². The molecule has 3 amide bonds. The van der Waals surface area contributed by atoms with Crippen LogP contribution >= 0.6 is 0 Å². The molecule has 0 bridgehead atoms. The van der Waals surface area contributed by atoms with E-state index in [4.69, 9.17) is 0 Å². The fourth-order valence-corrected chi connectivity index (χ4v) is 1.99. The number of carbonyl (C=O) groups is 3. The van der Waals surface area contributed by atoms with E-state index in [0.717, 1.165) is 4.90 Å². The summed E-state index contributed by atoms with van der Waals surface area (Å²) in [5.74, 6) is -2.84. The maximum Gasteiger partial charge on any atom is 0.262 e. The van der Waals surface area contributed by atoms with Crippen molar-refractivity contribution >= 4 is 17.7 Å². The van der Waals surface area contributed by atoms with Crippen LogP contribution in [0.5, 0.6) is 11.5 Å². The Morgan fingerprint density at radius 2 is 1.80 bits per heavy atom. The number of piperazine rings is 1. The predicted octanol–water partition coefficient (Wildman–Crippen LogP) is -0.0250. The smallest absolute Gasteiger partial charge is 0.262 e. The van der Waals surface area contributed by atoms with Crippen molar-refractivity contribution in [3.05, 3.63) is 23.8 Å². The summed E-state index contributed by atoms with van der Waals surface area (Å²) < 4.78 is 0. The zero-order chi connectivity index (χ0) is 15.1. The largest absolute Gasteiger partial charge is 0.507 e. The number of benzene rings is 1. The quantitative estimate of drug-likeness (QED) is 0.626. The first-order chi connectivity index (χ1) is 9.25. The van der Waals surface area contributed by atoms with Gasteiger partial charge in [0, 0.05) is 0 Å². The fourth-order valence-electron chi connectivity index (χ4n) is 1.99. The van der Waals surface area contributed by atoms with Crippen molar-refractivity contribution in [3.8, 4) is 11.5 Å². The topological polar surface area (TPSA) is 107 Å². The van der Waals surface area contributed by atoms with Crippen LogP contribution in [0.3, 0.4) is 0 Å². The molecule has 1 saturated heterocycles. The Morgan fingerprint density at radius 1 is 1.25 bits per heavy atom. The molecule has 0 atom stereocenters. The SMILES string of the molecule is CC1(C)C(=O)NC(=O)CN1C(=O)c1c(O)cccc1O. The molecule has 1 heterocycles. The Kier molecular flexibility index (Phi) is 3.13. The Labute approximate surface area is 114 Å². The van der Waals surface area contributed by atoms with Gasteiger partial charge in [0.2, 0.25) is 5.91 Å². The van der Waals surface area contributed by atoms with Crippen molar-refractivity contribution in [2.24, 2.45) is 0 Å². The lowest BCUT2D eigenvalue weighted by atomic mass is 9.97. The highest BCUT2D eigenvalue weighted by molar-refractivity contribution is 6.10. The molecule has 0 aliphatic carbocycles. The number of aromatic hydroxyl groups is 2. The number of nitrogens with zero attached hydrogens (tertiary/aromatic N) is 1. The predicted molar refractivity (Wildman–Crippen MR) is 68.0 cm³/mol. The summed E-state index contributed by atoms with van der Waals surface area (Å²) in [6, 6.07) is 3.86. The molecule has 20 heavy (non-hydrogen) atoms. The van der Waals surface area contributed by atoms with E-state index in [0.29, 0.717) is 0 Å². The Morgan fingerprint density at radius 3 is 2.35 bits per heavy atom. The molecule has 0 radical (unpaired) electrons. The number of hydrogen-bond donors (Lipinski definition) is 3. The van der Waals surface area contributed by atoms with Crippen LogP contribution in [0, 0.1) is 0 Å². The van der Waals surface area contributed by atoms with Crippen molar-refractivity contribution in [3.63, 3.8) is 0 Å². The van der Waals surface area contributed by atoms with E-state index in [9.17, 15) is 24.6 Å². The molecule has 2 rings (SSSR count). The van der Waals surface area contributed by atoms with Crippen LogP contribution in [-0.2, 0) is 9.59 Å². The number of phenols is 2. The normalized spacial score (nSPS) is 17.8. The molecular formula is C13H14N2O5. The molecule has 1 fully saturated rings. The third-order valence-electron chi connectivity index (χ3n) is 3.26. The Hall–Kier alpha value is -2.57. The summed E-state index contributed by atoms with van der Waals surface area (Å²) in [6.45, 7) is 2.62. The van der Waals surface area contributed by atoms with Gasteiger partial charge in [-0.05, 0) is 26.0 Å². The lowest BCUT2D eigenvalue weighted by Gasteiger charge is -2.40. The van der Waals surface area contributed by atoms with Gasteiger partial charge >= 0.3 is 0 Å². The number of carbonyl (C=O) groups excluding carboxylic acids is 3. The van der Waals surface area contributed by atoms with Crippen LogP contribution in [-0.4, -0.2) is 44.9 Å². The number of rotatable bonds is 1. The maximum absolute atomic E-state index is 12.4. The Bertz CT molecular complexity index is 589. The molecule has 106 valence electrons. The fraction of sp³-hybridized carbons (Fsp3) is 0.308. The van der Waals surface area contributed by atoms with Crippen LogP contribution in [0.15, 0.2) is 18.2 Å². The lowest BCUT2D eigenvalue weighted by Crippen LogP contribution is -2.65. The van der Waals surface area contributed by atoms with Crippen molar-refractivity contribution in [2.45, 2.75) is 19.4 Å². The molecular weight excluding hydrogens is 264 g/mol. The summed E-state index contributed by atoms with van der Waals surface area (Å²) >= 11 is 0. The second-order valence-electron chi connectivity index (χ2n) is 5.00. The highest BCUT2D eigenvalue weighted by Gasteiger charge is 2.44. The first-order valence-corrected chi connectivity index (χ1v) is 5.92. The summed E-state index contributed by atoms with van der Waals surface area (Å²) in [5, 5.41) is 21.5. The molecule has 1 aliphatic heterocycles. The van der Waals surface area contributed by atoms with Gasteiger partial charge in [-0.15, -0.1) is 0 Å². The van der Waals surface area contributed by atoms with Gasteiger partial charge in [-0.1, -0.05) is 6.07 Å². The first kappa shape index (κ1) is 13.9. The zero-order valence-corrected chi connectivity index (χ0v) is 11.0. The van der Waals surface area contributed by atoms with Gasteiger partial charge in [-0.3, -0.25) is 19.7 Å². The summed E-state index contributed by atoms with van der Waals surface area (Å²) in [6.07, 6.45) is 0. The minimum atomic E-state index is -1.26. The molecule has 1 aromatic carbocycles. The van der Waals surface area contributed by atoms with E-state index < -0.39 is 34.8 Å². The Balaban J connectivity index is 2.46. The minimum absolute atomic E-state index is 0.328. The summed E-state index contributed by atoms with van der Waals surface area (Å²) in [7, 11) is 0. The van der Waals surface area contributed by atoms with Crippen LogP contribution in [0.25, 0.3) is 0 Å². The molecule has 0 saturated carbocycles. The average molecular weight is 278 g/mol. The number of amides is 3. The number of phenolic OH excluding ortho intramolecular Hbond substituents is 2. The van der Waals surface area contributed by atoms with Gasteiger partial charge in [0.1, 0.15) is 29.1 Å². The lowest BCUT2D eigenvalue weighted by molar-refractivity contribution is -0.143. The molecule has 0 aromatic heterocycles. The van der Waals surface area contributed by atoms with Gasteiger partial charge in [-0.2, -0.15) is 0 Å². The third-order valence-corrected chi connectivity index (χ3v) is 3.26. The number of nitrogens with one attached hydrogen (secondary N) is 1. The molecule has 0 spiro atoms. The van der Waals surface area contributed by atoms with Gasteiger partial charge in [0.15, 0.2) is 0 Å². The molecule has 3 N–H and O–H groups in total. The average Bonchev–Trinajstić information content (AvgIpc) is 2.33. The van der Waals surface area contributed by atoms with Crippen molar-refractivity contribution in [1.82, 2.24) is 10.2 Å². The van der Waals surface area contributed by atoms with Gasteiger partial charge in [-0.25, -0.2) is 0 Å². The van der Waals surface area contributed by atoms with E-state index in [1.54, 1.807) is 0 Å². The molecule has 7 nitrogen and oxygen atoms in total. The van der Waals surface area contributed by atoms with E-state index in [1.807, 2.05) is 0 Å². The minimum Gasteiger partial charge on any atom is -0.507 e. The van der Waals surface area contributed by atoms with Crippen molar-refractivity contribution in [1.29, 1.82) is 0 Å². The standard InChI is InChI=1S/C13H14N2O5/c1-13(2)12(20)14-9(18)6-15(13)11(19)10-7(16)4-3-5-8(10)17/h3-5,16-17H,6H2,1-2H3,(H,14,18,20). The highest BCUT2D eigenvalue weighted by Crippen LogP contribution is 2.30. The zero-order valence-electron chi connectivity index (χ0n) is 11.0. The van der Waals surface area contributed by atoms with Crippen LogP contribution in [0.2, 0.25) is 0 Å². The van der Waals surface area contributed by atoms with Crippen molar-refractivity contribution < 1.29 is 24.6 Å². The summed E-state index contributed by atoms with van der Waals surface area (Å²) in [5.41, 5.74) is -1.59. The second-order valence-corrected chi connectivity index (χ2v) is 5.00.